The zero-order valence-corrected chi connectivity index (χ0v) is 10.3. The molecule has 1 aromatic carbocycles. The van der Waals surface area contributed by atoms with Crippen LogP contribution in [0, 0.1) is 17.5 Å². The number of hydrogen-bond acceptors (Lipinski definition) is 1. The van der Waals surface area contributed by atoms with Gasteiger partial charge in [0.25, 0.3) is 0 Å². The van der Waals surface area contributed by atoms with Crippen LogP contribution in [0.15, 0.2) is 12.1 Å². The van der Waals surface area contributed by atoms with Gasteiger partial charge in [-0.1, -0.05) is 32.1 Å². The highest BCUT2D eigenvalue weighted by Crippen LogP contribution is 2.23. The molecule has 1 aliphatic rings. The summed E-state index contributed by atoms with van der Waals surface area (Å²) in [6, 6.07) is 2.28. The molecule has 0 heterocycles. The van der Waals surface area contributed by atoms with E-state index in [2.05, 4.69) is 5.32 Å². The smallest absolute Gasteiger partial charge is 0.194 e. The lowest BCUT2D eigenvalue weighted by Crippen LogP contribution is -2.20. The van der Waals surface area contributed by atoms with Crippen molar-refractivity contribution in [2.24, 2.45) is 0 Å². The first kappa shape index (κ1) is 13.2. The molecule has 1 nitrogen and oxygen atoms in total. The first-order chi connectivity index (χ1) is 8.66. The molecule has 0 aliphatic heterocycles. The van der Waals surface area contributed by atoms with E-state index in [9.17, 15) is 13.2 Å². The second-order valence-corrected chi connectivity index (χ2v) is 4.94. The Morgan fingerprint density at radius 2 is 1.33 bits per heavy atom. The van der Waals surface area contributed by atoms with E-state index in [4.69, 9.17) is 0 Å². The molecule has 0 bridgehead atoms. The van der Waals surface area contributed by atoms with Crippen LogP contribution in [-0.2, 0) is 0 Å². The van der Waals surface area contributed by atoms with Crippen LogP contribution in [0.4, 0.5) is 18.9 Å². The van der Waals surface area contributed by atoms with Gasteiger partial charge in [0.1, 0.15) is 0 Å². The first-order valence-electron chi connectivity index (χ1n) is 6.58. The Morgan fingerprint density at radius 1 is 0.833 bits per heavy atom. The van der Waals surface area contributed by atoms with Crippen LogP contribution in [0.1, 0.15) is 44.9 Å². The van der Waals surface area contributed by atoms with Crippen LogP contribution in [0.3, 0.4) is 0 Å². The normalized spacial score (nSPS) is 18.2. The average molecular weight is 257 g/mol. The lowest BCUT2D eigenvalue weighted by molar-refractivity contribution is 0.445. The summed E-state index contributed by atoms with van der Waals surface area (Å²) in [5.41, 5.74) is 0.331. The van der Waals surface area contributed by atoms with Gasteiger partial charge < -0.3 is 5.32 Å². The summed E-state index contributed by atoms with van der Waals surface area (Å²) < 4.78 is 39.0. The topological polar surface area (TPSA) is 12.0 Å². The van der Waals surface area contributed by atoms with Gasteiger partial charge >= 0.3 is 0 Å². The van der Waals surface area contributed by atoms with Crippen molar-refractivity contribution in [1.29, 1.82) is 0 Å². The number of halogens is 3. The third-order valence-corrected chi connectivity index (χ3v) is 3.46. The molecule has 2 rings (SSSR count). The Kier molecular flexibility index (Phi) is 4.50. The van der Waals surface area contributed by atoms with Crippen LogP contribution in [0.2, 0.25) is 0 Å². The molecule has 18 heavy (non-hydrogen) atoms. The zero-order chi connectivity index (χ0) is 13.0. The van der Waals surface area contributed by atoms with Crippen molar-refractivity contribution in [1.82, 2.24) is 0 Å². The van der Waals surface area contributed by atoms with Crippen molar-refractivity contribution >= 4 is 5.69 Å². The highest BCUT2D eigenvalue weighted by molar-refractivity contribution is 5.45. The molecule has 0 unspecified atom stereocenters. The van der Waals surface area contributed by atoms with E-state index >= 15 is 0 Å². The summed E-state index contributed by atoms with van der Waals surface area (Å²) in [7, 11) is 0. The first-order valence-corrected chi connectivity index (χ1v) is 6.58. The fourth-order valence-corrected chi connectivity index (χ4v) is 2.48. The molecule has 0 radical (unpaired) electrons. The van der Waals surface area contributed by atoms with Gasteiger partial charge in [-0.25, -0.2) is 13.2 Å². The maximum atomic E-state index is 13.1. The molecule has 0 aromatic heterocycles. The zero-order valence-electron chi connectivity index (χ0n) is 10.3. The summed E-state index contributed by atoms with van der Waals surface area (Å²) in [4.78, 5) is 0. The monoisotopic (exact) mass is 257 g/mol. The highest BCUT2D eigenvalue weighted by atomic mass is 19.2. The van der Waals surface area contributed by atoms with Crippen molar-refractivity contribution < 1.29 is 13.2 Å². The SMILES string of the molecule is Fc1cc(NC2CCCCCCC2)cc(F)c1F. The summed E-state index contributed by atoms with van der Waals surface area (Å²) in [6.07, 6.45) is 7.95. The summed E-state index contributed by atoms with van der Waals surface area (Å²) in [5.74, 6) is -3.68. The van der Waals surface area contributed by atoms with Crippen molar-refractivity contribution in [3.63, 3.8) is 0 Å². The maximum absolute atomic E-state index is 13.1. The maximum Gasteiger partial charge on any atom is 0.194 e. The van der Waals surface area contributed by atoms with Crippen molar-refractivity contribution in [2.75, 3.05) is 5.32 Å². The van der Waals surface area contributed by atoms with Gasteiger partial charge in [-0.3, -0.25) is 0 Å². The third kappa shape index (κ3) is 3.40. The molecule has 1 aliphatic carbocycles. The molecule has 0 spiro atoms. The number of benzene rings is 1. The van der Waals surface area contributed by atoms with Crippen molar-refractivity contribution in [3.05, 3.63) is 29.6 Å². The van der Waals surface area contributed by atoms with Crippen molar-refractivity contribution in [3.8, 4) is 0 Å². The summed E-state index contributed by atoms with van der Waals surface area (Å²) in [5, 5.41) is 3.11. The van der Waals surface area contributed by atoms with Crippen LogP contribution in [0.5, 0.6) is 0 Å². The second kappa shape index (κ2) is 6.12. The number of anilines is 1. The molecule has 1 saturated carbocycles. The number of hydrogen-bond donors (Lipinski definition) is 1. The highest BCUT2D eigenvalue weighted by Gasteiger charge is 2.14. The number of rotatable bonds is 2. The van der Waals surface area contributed by atoms with E-state index in [0.717, 1.165) is 37.8 Å². The fraction of sp³-hybridized carbons (Fsp3) is 0.571. The Labute approximate surface area is 105 Å². The molecule has 4 heteroatoms. The minimum atomic E-state index is -1.40. The van der Waals surface area contributed by atoms with Gasteiger partial charge in [0.15, 0.2) is 17.5 Å². The molecular weight excluding hydrogens is 239 g/mol. The van der Waals surface area contributed by atoms with Gasteiger partial charge in [0.2, 0.25) is 0 Å². The average Bonchev–Trinajstić information content (AvgIpc) is 2.29. The van der Waals surface area contributed by atoms with Gasteiger partial charge in [-0.2, -0.15) is 0 Å². The minimum absolute atomic E-state index is 0.231. The predicted molar refractivity (Wildman–Crippen MR) is 66.0 cm³/mol. The van der Waals surface area contributed by atoms with Gasteiger partial charge in [0, 0.05) is 23.9 Å². The molecule has 1 fully saturated rings. The lowest BCUT2D eigenvalue weighted by atomic mass is 9.96. The Balaban J connectivity index is 2.03. The molecule has 0 amide bonds. The van der Waals surface area contributed by atoms with Gasteiger partial charge in [0.05, 0.1) is 0 Å². The van der Waals surface area contributed by atoms with Crippen LogP contribution in [-0.4, -0.2) is 6.04 Å². The van der Waals surface area contributed by atoms with Crippen molar-refractivity contribution in [2.45, 2.75) is 51.0 Å². The molecular formula is C14H18F3N. The van der Waals surface area contributed by atoms with E-state index in [1.165, 1.54) is 19.3 Å². The Bertz CT molecular complexity index is 375. The van der Waals surface area contributed by atoms with E-state index in [-0.39, 0.29) is 6.04 Å². The van der Waals surface area contributed by atoms with Crippen LogP contribution in [0.25, 0.3) is 0 Å². The predicted octanol–water partition coefficient (Wildman–Crippen LogP) is 4.63. The largest absolute Gasteiger partial charge is 0.382 e. The quantitative estimate of drug-likeness (QED) is 0.762. The second-order valence-electron chi connectivity index (χ2n) is 4.94. The lowest BCUT2D eigenvalue weighted by Gasteiger charge is -2.22. The van der Waals surface area contributed by atoms with Gasteiger partial charge in [-0.15, -0.1) is 0 Å². The standard InChI is InChI=1S/C14H18F3N/c15-12-8-11(9-13(16)14(12)17)18-10-6-4-2-1-3-5-7-10/h8-10,18H,1-7H2. The number of nitrogens with one attached hydrogen (secondary N) is 1. The Hall–Kier alpha value is -1.19. The molecule has 0 atom stereocenters. The molecule has 100 valence electrons. The minimum Gasteiger partial charge on any atom is -0.382 e. The van der Waals surface area contributed by atoms with Crippen LogP contribution >= 0.6 is 0 Å². The Morgan fingerprint density at radius 3 is 1.89 bits per heavy atom. The summed E-state index contributed by atoms with van der Waals surface area (Å²) in [6.45, 7) is 0. The summed E-state index contributed by atoms with van der Waals surface area (Å²) >= 11 is 0. The van der Waals surface area contributed by atoms with E-state index in [1.807, 2.05) is 0 Å². The molecule has 1 aromatic rings. The molecule has 1 N–H and O–H groups in total. The van der Waals surface area contributed by atoms with Crippen LogP contribution < -0.4 is 5.32 Å². The van der Waals surface area contributed by atoms with E-state index in [0.29, 0.717) is 5.69 Å². The van der Waals surface area contributed by atoms with E-state index < -0.39 is 17.5 Å². The fourth-order valence-electron chi connectivity index (χ4n) is 2.48. The third-order valence-electron chi connectivity index (χ3n) is 3.46. The van der Waals surface area contributed by atoms with E-state index in [1.54, 1.807) is 0 Å². The molecule has 0 saturated heterocycles. The van der Waals surface area contributed by atoms with Gasteiger partial charge in [-0.05, 0) is 12.8 Å².